The van der Waals surface area contributed by atoms with Crippen LogP contribution in [0.4, 0.5) is 18.9 Å². The van der Waals surface area contributed by atoms with Gasteiger partial charge in [0.25, 0.3) is 10.0 Å². The van der Waals surface area contributed by atoms with Gasteiger partial charge in [-0.25, -0.2) is 8.42 Å². The molecule has 0 unspecified atom stereocenters. The fraction of sp³-hybridized carbons (Fsp3) is 0.345. The Morgan fingerprint density at radius 3 is 2.45 bits per heavy atom. The lowest BCUT2D eigenvalue weighted by Crippen LogP contribution is -2.45. The zero-order valence-electron chi connectivity index (χ0n) is 22.7. The molecule has 3 aromatic rings. The lowest BCUT2D eigenvalue weighted by atomic mass is 10.0. The van der Waals surface area contributed by atoms with Crippen molar-refractivity contribution < 1.29 is 40.1 Å². The number of sulfonamides is 1. The topological polar surface area (TPSA) is 93.2 Å². The van der Waals surface area contributed by atoms with Gasteiger partial charge in [0.2, 0.25) is 5.91 Å². The van der Waals surface area contributed by atoms with E-state index in [9.17, 15) is 30.6 Å². The zero-order valence-corrected chi connectivity index (χ0v) is 24.3. The van der Waals surface area contributed by atoms with E-state index >= 15 is 0 Å². The maximum atomic E-state index is 13.9. The van der Waals surface area contributed by atoms with E-state index in [0.717, 1.165) is 28.1 Å². The highest BCUT2D eigenvalue weighted by Crippen LogP contribution is 2.41. The molecule has 3 aromatic carbocycles. The lowest BCUT2D eigenvalue weighted by Gasteiger charge is -2.36. The van der Waals surface area contributed by atoms with E-state index < -0.39 is 43.6 Å². The monoisotopic (exact) mass is 622 g/mol. The van der Waals surface area contributed by atoms with E-state index in [-0.39, 0.29) is 36.7 Å². The van der Waals surface area contributed by atoms with E-state index in [1.807, 2.05) is 6.07 Å². The second-order valence-electron chi connectivity index (χ2n) is 9.98. The van der Waals surface area contributed by atoms with Crippen molar-refractivity contribution in [2.45, 2.75) is 30.0 Å². The highest BCUT2D eigenvalue weighted by Gasteiger charge is 2.37. The molecule has 13 heteroatoms. The molecule has 1 fully saturated rings. The maximum absolute atomic E-state index is 13.9. The molecular formula is C29H29F3N2O6S2. The number of halogens is 3. The van der Waals surface area contributed by atoms with Crippen LogP contribution in [0.25, 0.3) is 11.1 Å². The summed E-state index contributed by atoms with van der Waals surface area (Å²) >= 11 is 0. The van der Waals surface area contributed by atoms with Crippen LogP contribution in [0.3, 0.4) is 0 Å². The molecule has 0 N–H and O–H groups in total. The molecule has 0 radical (unpaired) electrons. The van der Waals surface area contributed by atoms with E-state index in [1.54, 1.807) is 41.3 Å². The maximum Gasteiger partial charge on any atom is 0.416 e. The van der Waals surface area contributed by atoms with Crippen LogP contribution in [0.1, 0.15) is 18.4 Å². The molecule has 0 aliphatic carbocycles. The van der Waals surface area contributed by atoms with Crippen molar-refractivity contribution in [3.63, 3.8) is 0 Å². The summed E-state index contributed by atoms with van der Waals surface area (Å²) in [6.45, 7) is 0.580. The number of ether oxygens (including phenoxy) is 2. The standard InChI is InChI=1S/C29H29F3N2O6S2/c1-39-23-6-2-4-20(16-23)21-8-10-27-26(17-21)34(42(37,38)25-7-3-5-22(18-25)29(30,31)32)19-24(40-27)9-11-28(35)33-12-14-41(36)15-13-33/h2-8,10,16-18,24H,9,11-15,19H2,1H3/t24-/m0/s1. The first-order valence-electron chi connectivity index (χ1n) is 13.2. The number of nitrogens with zero attached hydrogens (tertiary/aromatic N) is 2. The first-order chi connectivity index (χ1) is 20.0. The van der Waals surface area contributed by atoms with Crippen molar-refractivity contribution in [1.29, 1.82) is 0 Å². The highest BCUT2D eigenvalue weighted by molar-refractivity contribution is 7.92. The van der Waals surface area contributed by atoms with E-state index in [1.165, 1.54) is 7.11 Å². The van der Waals surface area contributed by atoms with Gasteiger partial charge >= 0.3 is 6.18 Å². The Bertz CT molecular complexity index is 1600. The van der Waals surface area contributed by atoms with Gasteiger partial charge in [0.05, 0.1) is 29.8 Å². The SMILES string of the molecule is COc1cccc(-c2ccc3c(c2)N(S(=O)(=O)c2cccc(C(F)(F)F)c2)C[C@H](CCC(=O)N2CCS(=O)CC2)O3)c1. The predicted octanol–water partition coefficient (Wildman–Crippen LogP) is 4.71. The first kappa shape index (κ1) is 29.9. The van der Waals surface area contributed by atoms with Gasteiger partial charge in [0.1, 0.15) is 17.6 Å². The second-order valence-corrected chi connectivity index (χ2v) is 13.5. The van der Waals surface area contributed by atoms with Gasteiger partial charge in [-0.2, -0.15) is 13.2 Å². The molecule has 224 valence electrons. The minimum Gasteiger partial charge on any atom is -0.497 e. The zero-order chi connectivity index (χ0) is 30.1. The van der Waals surface area contributed by atoms with Gasteiger partial charge < -0.3 is 14.4 Å². The summed E-state index contributed by atoms with van der Waals surface area (Å²) in [6.07, 6.45) is -5.20. The summed E-state index contributed by atoms with van der Waals surface area (Å²) in [5, 5.41) is 0. The number of fused-ring (bicyclic) bond motifs is 1. The van der Waals surface area contributed by atoms with Crippen LogP contribution in [0.15, 0.2) is 71.6 Å². The van der Waals surface area contributed by atoms with Gasteiger partial charge in [-0.15, -0.1) is 0 Å². The summed E-state index contributed by atoms with van der Waals surface area (Å²) in [7, 11) is -3.88. The van der Waals surface area contributed by atoms with Gasteiger partial charge in [0.15, 0.2) is 0 Å². The van der Waals surface area contributed by atoms with Crippen LogP contribution in [0, 0.1) is 0 Å². The Kier molecular flexibility index (Phi) is 8.51. The molecule has 2 aliphatic heterocycles. The molecule has 0 aromatic heterocycles. The van der Waals surface area contributed by atoms with Gasteiger partial charge in [-0.05, 0) is 60.0 Å². The van der Waals surface area contributed by atoms with Gasteiger partial charge in [0, 0.05) is 41.8 Å². The third kappa shape index (κ3) is 6.41. The fourth-order valence-corrected chi connectivity index (χ4v) is 7.56. The van der Waals surface area contributed by atoms with Crippen molar-refractivity contribution in [3.05, 3.63) is 72.3 Å². The van der Waals surface area contributed by atoms with E-state index in [4.69, 9.17) is 9.47 Å². The fourth-order valence-electron chi connectivity index (χ4n) is 4.96. The minimum absolute atomic E-state index is 0.0754. The van der Waals surface area contributed by atoms with Crippen LogP contribution in [-0.4, -0.2) is 67.8 Å². The molecule has 2 heterocycles. The number of hydrogen-bond acceptors (Lipinski definition) is 6. The van der Waals surface area contributed by atoms with Crippen molar-refractivity contribution in [1.82, 2.24) is 4.90 Å². The number of carbonyl (C=O) groups is 1. The highest BCUT2D eigenvalue weighted by atomic mass is 32.2. The molecular weight excluding hydrogens is 593 g/mol. The molecule has 1 amide bonds. The molecule has 0 saturated carbocycles. The quantitative estimate of drug-likeness (QED) is 0.379. The molecule has 0 spiro atoms. The van der Waals surface area contributed by atoms with Crippen LogP contribution >= 0.6 is 0 Å². The summed E-state index contributed by atoms with van der Waals surface area (Å²) in [6, 6.07) is 15.8. The molecule has 1 atom stereocenters. The van der Waals surface area contributed by atoms with Crippen molar-refractivity contribution in [3.8, 4) is 22.6 Å². The number of alkyl halides is 3. The van der Waals surface area contributed by atoms with Crippen molar-refractivity contribution in [2.75, 3.05) is 42.6 Å². The van der Waals surface area contributed by atoms with Crippen LogP contribution < -0.4 is 13.8 Å². The Hall–Kier alpha value is -3.58. The lowest BCUT2D eigenvalue weighted by molar-refractivity contribution is -0.137. The normalized spacial score (nSPS) is 17.9. The summed E-state index contributed by atoms with van der Waals surface area (Å²) in [4.78, 5) is 13.9. The summed E-state index contributed by atoms with van der Waals surface area (Å²) in [5.41, 5.74) is 0.487. The number of hydrogen-bond donors (Lipinski definition) is 0. The number of anilines is 1. The largest absolute Gasteiger partial charge is 0.497 e. The molecule has 5 rings (SSSR count). The van der Waals surface area contributed by atoms with Crippen molar-refractivity contribution in [2.24, 2.45) is 0 Å². The molecule has 1 saturated heterocycles. The van der Waals surface area contributed by atoms with Crippen LogP contribution in [0.5, 0.6) is 11.5 Å². The Labute approximate surface area is 244 Å². The Morgan fingerprint density at radius 1 is 1.02 bits per heavy atom. The molecule has 0 bridgehead atoms. The number of methoxy groups -OCH3 is 1. The van der Waals surface area contributed by atoms with Gasteiger partial charge in [-0.3, -0.25) is 13.3 Å². The summed E-state index contributed by atoms with van der Waals surface area (Å²) < 4.78 is 92.4. The Balaban J connectivity index is 1.48. The molecule has 2 aliphatic rings. The van der Waals surface area contributed by atoms with Gasteiger partial charge in [-0.1, -0.05) is 24.3 Å². The minimum atomic E-state index is -4.72. The van der Waals surface area contributed by atoms with Crippen LogP contribution in [-0.2, 0) is 31.8 Å². The third-order valence-corrected chi connectivity index (χ3v) is 10.3. The van der Waals surface area contributed by atoms with Crippen LogP contribution in [0.2, 0.25) is 0 Å². The number of carbonyl (C=O) groups excluding carboxylic acids is 1. The summed E-state index contributed by atoms with van der Waals surface area (Å²) in [5.74, 6) is 1.51. The first-order valence-corrected chi connectivity index (χ1v) is 16.2. The number of benzene rings is 3. The average Bonchev–Trinajstić information content (AvgIpc) is 2.99. The average molecular weight is 623 g/mol. The second kappa shape index (κ2) is 12.0. The van der Waals surface area contributed by atoms with E-state index in [0.29, 0.717) is 42.0 Å². The Morgan fingerprint density at radius 2 is 1.74 bits per heavy atom. The number of amides is 1. The number of rotatable bonds is 7. The van der Waals surface area contributed by atoms with Crippen molar-refractivity contribution >= 4 is 32.4 Å². The smallest absolute Gasteiger partial charge is 0.416 e. The molecule has 8 nitrogen and oxygen atoms in total. The van der Waals surface area contributed by atoms with E-state index in [2.05, 4.69) is 0 Å². The third-order valence-electron chi connectivity index (χ3n) is 7.25. The predicted molar refractivity (Wildman–Crippen MR) is 153 cm³/mol. The molecule has 42 heavy (non-hydrogen) atoms.